The number of benzene rings is 3. The molecule has 0 aliphatic rings. The fourth-order valence-electron chi connectivity index (χ4n) is 6.45. The Morgan fingerprint density at radius 1 is 0.484 bits per heavy atom. The number of carbonyl (C=O) groups excluding carboxylic acids is 6. The van der Waals surface area contributed by atoms with Crippen molar-refractivity contribution >= 4 is 36.5 Å². The Balaban J connectivity index is 1.90. The molecule has 332 valence electrons. The normalized spacial score (nSPS) is 13.1. The third kappa shape index (κ3) is 13.1. The van der Waals surface area contributed by atoms with Gasteiger partial charge in [0.1, 0.15) is 13.2 Å². The molecule has 0 radical (unpaired) electrons. The predicted octanol–water partition coefficient (Wildman–Crippen LogP) is 8.83. The molecule has 0 atom stereocenters. The minimum Gasteiger partial charge on any atom is -0.445 e. The summed E-state index contributed by atoms with van der Waals surface area (Å²) in [6, 6.07) is 21.7. The van der Waals surface area contributed by atoms with E-state index in [4.69, 9.17) is 14.2 Å². The van der Waals surface area contributed by atoms with Gasteiger partial charge in [-0.05, 0) is 123 Å². The standard InChI is InChI=1S/C47H60N6O9/c1-14-47(62-40(59)53-46(12,13)37-23-17-20-34(26-37)43(6,7)50-31-56,27-60-38(57)51-44(8,9)35-21-15-18-32(24-35)41(2,3)48-29-54)28-61-39(58)52-45(10,11)36-22-16-19-33(25-36)42(4,5)49-30-55/h15-26H,14,27-28H2,1-13H3,(H,51,57)(H,52,58)(H,53,59). The summed E-state index contributed by atoms with van der Waals surface area (Å²) in [6.45, 7) is 21.9. The number of hydrogen-bond acceptors (Lipinski definition) is 12. The van der Waals surface area contributed by atoms with Gasteiger partial charge in [0.05, 0.1) is 33.2 Å². The van der Waals surface area contributed by atoms with E-state index in [1.54, 1.807) is 133 Å². The molecule has 3 N–H and O–H groups in total. The molecule has 0 aliphatic heterocycles. The van der Waals surface area contributed by atoms with E-state index in [1.165, 1.54) is 0 Å². The number of alkyl carbamates (subject to hydrolysis) is 3. The van der Waals surface area contributed by atoms with Gasteiger partial charge < -0.3 is 30.2 Å². The van der Waals surface area contributed by atoms with E-state index < -0.39 is 70.3 Å². The second-order valence-electron chi connectivity index (χ2n) is 18.4. The van der Waals surface area contributed by atoms with Crippen LogP contribution in [-0.2, 0) is 61.8 Å². The van der Waals surface area contributed by atoms with Crippen molar-refractivity contribution in [3.05, 3.63) is 106 Å². The quantitative estimate of drug-likeness (QED) is 0.0635. The molecular formula is C47H60N6O9. The Labute approximate surface area is 364 Å². The number of rotatable bonds is 18. The first kappa shape index (κ1) is 50.0. The van der Waals surface area contributed by atoms with Crippen molar-refractivity contribution < 1.29 is 43.0 Å². The minimum atomic E-state index is -1.68. The van der Waals surface area contributed by atoms with Crippen molar-refractivity contribution in [1.29, 1.82) is 0 Å². The highest BCUT2D eigenvalue weighted by Crippen LogP contribution is 2.32. The summed E-state index contributed by atoms with van der Waals surface area (Å²) in [4.78, 5) is 85.9. The topological polar surface area (TPSA) is 203 Å². The summed E-state index contributed by atoms with van der Waals surface area (Å²) in [5, 5.41) is 8.58. The number of nitrogens with zero attached hydrogens (tertiary/aromatic N) is 3. The maximum Gasteiger partial charge on any atom is 0.408 e. The molecule has 15 nitrogen and oxygen atoms in total. The second-order valence-corrected chi connectivity index (χ2v) is 18.4. The minimum absolute atomic E-state index is 0.0460. The summed E-state index contributed by atoms with van der Waals surface area (Å²) in [5.74, 6) is 0. The van der Waals surface area contributed by atoms with Gasteiger partial charge >= 0.3 is 18.3 Å². The van der Waals surface area contributed by atoms with E-state index in [1.807, 2.05) is 48.5 Å². The van der Waals surface area contributed by atoms with E-state index in [-0.39, 0.29) is 6.42 Å². The molecular weight excluding hydrogens is 793 g/mol. The van der Waals surface area contributed by atoms with Gasteiger partial charge in [0.2, 0.25) is 18.2 Å². The molecule has 0 spiro atoms. The Kier molecular flexibility index (Phi) is 15.8. The molecule has 0 saturated carbocycles. The van der Waals surface area contributed by atoms with Gasteiger partial charge in [-0.2, -0.15) is 15.0 Å². The highest BCUT2D eigenvalue weighted by molar-refractivity contribution is 5.71. The molecule has 0 heterocycles. The van der Waals surface area contributed by atoms with E-state index in [9.17, 15) is 28.8 Å². The third-order valence-corrected chi connectivity index (χ3v) is 11.0. The van der Waals surface area contributed by atoms with Crippen molar-refractivity contribution in [3.63, 3.8) is 0 Å². The van der Waals surface area contributed by atoms with Crippen LogP contribution in [0.4, 0.5) is 14.4 Å². The molecule has 0 fully saturated rings. The number of carbonyl (C=O) groups is 3. The van der Waals surface area contributed by atoms with Crippen LogP contribution in [0.3, 0.4) is 0 Å². The van der Waals surface area contributed by atoms with Gasteiger partial charge in [0, 0.05) is 0 Å². The lowest BCUT2D eigenvalue weighted by Gasteiger charge is -2.35. The van der Waals surface area contributed by atoms with Crippen molar-refractivity contribution in [2.75, 3.05) is 13.2 Å². The van der Waals surface area contributed by atoms with Crippen LogP contribution in [0.2, 0.25) is 0 Å². The van der Waals surface area contributed by atoms with Gasteiger partial charge in [-0.3, -0.25) is 0 Å². The summed E-state index contributed by atoms with van der Waals surface area (Å²) < 4.78 is 17.5. The Morgan fingerprint density at radius 2 is 0.758 bits per heavy atom. The molecule has 3 aromatic carbocycles. The lowest BCUT2D eigenvalue weighted by Crippen LogP contribution is -2.52. The Hall–Kier alpha value is -6.39. The molecule has 0 bridgehead atoms. The highest BCUT2D eigenvalue weighted by Gasteiger charge is 2.40. The molecule has 0 saturated heterocycles. The van der Waals surface area contributed by atoms with Gasteiger partial charge in [-0.25, -0.2) is 28.8 Å². The zero-order chi connectivity index (χ0) is 46.8. The van der Waals surface area contributed by atoms with Crippen LogP contribution in [0.5, 0.6) is 0 Å². The molecule has 3 rings (SSSR count). The number of hydrogen-bond donors (Lipinski definition) is 3. The largest absolute Gasteiger partial charge is 0.445 e. The lowest BCUT2D eigenvalue weighted by atomic mass is 9.88. The van der Waals surface area contributed by atoms with Crippen LogP contribution in [0, 0.1) is 0 Å². The number of nitrogens with one attached hydrogen (secondary N) is 3. The van der Waals surface area contributed by atoms with Gasteiger partial charge in [-0.15, -0.1) is 0 Å². The van der Waals surface area contributed by atoms with Crippen LogP contribution in [0.25, 0.3) is 0 Å². The zero-order valence-corrected chi connectivity index (χ0v) is 38.1. The monoisotopic (exact) mass is 852 g/mol. The summed E-state index contributed by atoms with van der Waals surface area (Å²) in [6.07, 6.45) is 2.27. The lowest BCUT2D eigenvalue weighted by molar-refractivity contribution is -0.0749. The SMILES string of the molecule is CCC(COC(=O)NC(C)(C)c1cccc(C(C)(C)N=C=O)c1)(COC(=O)NC(C)(C)c1cccc(C(C)(C)N=C=O)c1)OC(=O)NC(C)(C)c1cccc(C(C)(C)N=C=O)c1. The molecule has 3 aromatic rings. The average Bonchev–Trinajstić information content (AvgIpc) is 3.18. The van der Waals surface area contributed by atoms with E-state index in [0.29, 0.717) is 22.3 Å². The third-order valence-electron chi connectivity index (χ3n) is 11.0. The Bertz CT molecular complexity index is 2160. The maximum atomic E-state index is 13.8. The fraction of sp³-hybridized carbons (Fsp3) is 0.489. The van der Waals surface area contributed by atoms with Crippen LogP contribution in [0.1, 0.15) is 130 Å². The average molecular weight is 853 g/mol. The summed E-state index contributed by atoms with van der Waals surface area (Å²) in [7, 11) is 0. The van der Waals surface area contributed by atoms with Crippen LogP contribution >= 0.6 is 0 Å². The highest BCUT2D eigenvalue weighted by atomic mass is 16.6. The number of aliphatic imine (C=N–C) groups is 3. The zero-order valence-electron chi connectivity index (χ0n) is 38.1. The second kappa shape index (κ2) is 19.5. The van der Waals surface area contributed by atoms with Gasteiger partial charge in [0.15, 0.2) is 5.60 Å². The molecule has 62 heavy (non-hydrogen) atoms. The van der Waals surface area contributed by atoms with Gasteiger partial charge in [-0.1, -0.05) is 79.7 Å². The fourth-order valence-corrected chi connectivity index (χ4v) is 6.45. The smallest absolute Gasteiger partial charge is 0.408 e. The van der Waals surface area contributed by atoms with E-state index >= 15 is 0 Å². The van der Waals surface area contributed by atoms with Crippen molar-refractivity contribution in [1.82, 2.24) is 16.0 Å². The molecule has 15 heteroatoms. The number of isocyanates is 3. The predicted molar refractivity (Wildman–Crippen MR) is 233 cm³/mol. The van der Waals surface area contributed by atoms with Crippen molar-refractivity contribution in [3.8, 4) is 0 Å². The first-order valence-corrected chi connectivity index (χ1v) is 20.2. The number of amides is 3. The summed E-state index contributed by atoms with van der Waals surface area (Å²) in [5.41, 5.74) is -3.06. The molecule has 0 unspecified atom stereocenters. The van der Waals surface area contributed by atoms with Crippen molar-refractivity contribution in [2.24, 2.45) is 15.0 Å². The summed E-state index contributed by atoms with van der Waals surface area (Å²) >= 11 is 0. The maximum absolute atomic E-state index is 13.8. The van der Waals surface area contributed by atoms with Crippen molar-refractivity contribution in [2.45, 2.75) is 135 Å². The molecule has 0 aromatic heterocycles. The Morgan fingerprint density at radius 3 is 1.03 bits per heavy atom. The van der Waals surface area contributed by atoms with Crippen LogP contribution < -0.4 is 16.0 Å². The van der Waals surface area contributed by atoms with E-state index in [2.05, 4.69) is 30.9 Å². The van der Waals surface area contributed by atoms with E-state index in [0.717, 1.165) is 11.1 Å². The molecule has 3 amide bonds. The first-order chi connectivity index (χ1) is 28.7. The number of ether oxygens (including phenoxy) is 3. The first-order valence-electron chi connectivity index (χ1n) is 20.2. The van der Waals surface area contributed by atoms with Crippen LogP contribution in [-0.4, -0.2) is 55.3 Å². The van der Waals surface area contributed by atoms with Gasteiger partial charge in [0.25, 0.3) is 0 Å². The van der Waals surface area contributed by atoms with Crippen LogP contribution in [0.15, 0.2) is 87.8 Å². The molecule has 0 aliphatic carbocycles.